The lowest BCUT2D eigenvalue weighted by Gasteiger charge is -2.16. The first-order chi connectivity index (χ1) is 10.2. The summed E-state index contributed by atoms with van der Waals surface area (Å²) in [6.07, 6.45) is 1.00. The smallest absolute Gasteiger partial charge is 0.137 e. The van der Waals surface area contributed by atoms with Crippen LogP contribution in [0.15, 0.2) is 36.4 Å². The number of para-hydroxylation sites is 1. The van der Waals surface area contributed by atoms with Crippen molar-refractivity contribution in [1.29, 1.82) is 0 Å². The van der Waals surface area contributed by atoms with Gasteiger partial charge in [0.05, 0.1) is 0 Å². The van der Waals surface area contributed by atoms with Gasteiger partial charge in [0, 0.05) is 12.3 Å². The minimum absolute atomic E-state index is 0.0916. The summed E-state index contributed by atoms with van der Waals surface area (Å²) in [5.74, 6) is 2.46. The van der Waals surface area contributed by atoms with Crippen molar-refractivity contribution in [2.45, 2.75) is 32.3 Å². The predicted molar refractivity (Wildman–Crippen MR) is 85.5 cm³/mol. The molecule has 0 saturated heterocycles. The Morgan fingerprint density at radius 3 is 2.57 bits per heavy atom. The number of aryl methyl sites for hydroxylation is 2. The van der Waals surface area contributed by atoms with Crippen molar-refractivity contribution in [3.05, 3.63) is 58.7 Å². The van der Waals surface area contributed by atoms with Crippen LogP contribution in [-0.2, 0) is 12.3 Å². The number of halogens is 1. The topological polar surface area (TPSA) is 18.5 Å². The van der Waals surface area contributed by atoms with Gasteiger partial charge in [0.15, 0.2) is 0 Å². The van der Waals surface area contributed by atoms with Crippen LogP contribution in [0.25, 0.3) is 0 Å². The highest BCUT2D eigenvalue weighted by Gasteiger charge is 2.23. The highest BCUT2D eigenvalue weighted by Crippen LogP contribution is 2.30. The molecule has 0 aromatic heterocycles. The van der Waals surface area contributed by atoms with Crippen molar-refractivity contribution < 1.29 is 9.47 Å². The molecule has 21 heavy (non-hydrogen) atoms. The van der Waals surface area contributed by atoms with Crippen molar-refractivity contribution in [3.63, 3.8) is 0 Å². The summed E-state index contributed by atoms with van der Waals surface area (Å²) in [6.45, 7) is 4.68. The van der Waals surface area contributed by atoms with E-state index < -0.39 is 0 Å². The monoisotopic (exact) mass is 302 g/mol. The molecule has 0 bridgehead atoms. The van der Waals surface area contributed by atoms with Crippen molar-refractivity contribution in [3.8, 4) is 11.5 Å². The van der Waals surface area contributed by atoms with Gasteiger partial charge in [-0.05, 0) is 42.2 Å². The molecule has 2 aromatic rings. The van der Waals surface area contributed by atoms with Crippen molar-refractivity contribution in [2.75, 3.05) is 6.61 Å². The van der Waals surface area contributed by atoms with Crippen LogP contribution in [0.1, 0.15) is 22.3 Å². The number of rotatable bonds is 4. The van der Waals surface area contributed by atoms with Crippen LogP contribution >= 0.6 is 11.6 Å². The maximum atomic E-state index is 6.01. The van der Waals surface area contributed by atoms with E-state index in [4.69, 9.17) is 21.1 Å². The van der Waals surface area contributed by atoms with E-state index >= 15 is 0 Å². The van der Waals surface area contributed by atoms with E-state index in [0.29, 0.717) is 12.5 Å². The van der Waals surface area contributed by atoms with Gasteiger partial charge in [0.2, 0.25) is 0 Å². The maximum Gasteiger partial charge on any atom is 0.137 e. The van der Waals surface area contributed by atoms with E-state index in [0.717, 1.165) is 34.6 Å². The third-order valence-electron chi connectivity index (χ3n) is 3.80. The zero-order chi connectivity index (χ0) is 14.8. The Bertz CT molecular complexity index is 603. The Balaban J connectivity index is 1.67. The lowest BCUT2D eigenvalue weighted by Crippen LogP contribution is -2.22. The van der Waals surface area contributed by atoms with Gasteiger partial charge < -0.3 is 9.47 Å². The van der Waals surface area contributed by atoms with Gasteiger partial charge in [-0.25, -0.2) is 0 Å². The van der Waals surface area contributed by atoms with Crippen LogP contribution in [0, 0.1) is 13.8 Å². The zero-order valence-corrected chi connectivity index (χ0v) is 13.1. The summed E-state index contributed by atoms with van der Waals surface area (Å²) < 4.78 is 11.9. The van der Waals surface area contributed by atoms with Gasteiger partial charge in [-0.1, -0.05) is 30.3 Å². The van der Waals surface area contributed by atoms with E-state index in [9.17, 15) is 0 Å². The summed E-state index contributed by atoms with van der Waals surface area (Å²) in [7, 11) is 0. The van der Waals surface area contributed by atoms with E-state index in [1.54, 1.807) is 0 Å². The van der Waals surface area contributed by atoms with Gasteiger partial charge in [-0.2, -0.15) is 0 Å². The molecule has 110 valence electrons. The summed E-state index contributed by atoms with van der Waals surface area (Å²) in [4.78, 5) is 0. The van der Waals surface area contributed by atoms with E-state index in [2.05, 4.69) is 32.0 Å². The second-order valence-electron chi connectivity index (χ2n) is 5.56. The molecule has 1 aliphatic heterocycles. The van der Waals surface area contributed by atoms with Crippen LogP contribution in [-0.4, -0.2) is 12.7 Å². The van der Waals surface area contributed by atoms with Gasteiger partial charge in [-0.3, -0.25) is 0 Å². The molecule has 0 N–H and O–H groups in total. The standard InChI is InChI=1S/C18H19ClO2/c1-12-7-14(10-19)8-13(2)18(12)20-11-16-9-15-5-3-4-6-17(15)21-16/h3-8,16H,9-11H2,1-2H3. The lowest BCUT2D eigenvalue weighted by atomic mass is 10.1. The molecule has 0 saturated carbocycles. The summed E-state index contributed by atoms with van der Waals surface area (Å²) >= 11 is 5.89. The second-order valence-corrected chi connectivity index (χ2v) is 5.82. The fourth-order valence-electron chi connectivity index (χ4n) is 2.87. The molecule has 1 aliphatic rings. The molecule has 2 aromatic carbocycles. The number of benzene rings is 2. The SMILES string of the molecule is Cc1cc(CCl)cc(C)c1OCC1Cc2ccccc2O1. The Kier molecular flexibility index (Phi) is 4.07. The van der Waals surface area contributed by atoms with Crippen LogP contribution in [0.3, 0.4) is 0 Å². The summed E-state index contributed by atoms with van der Waals surface area (Å²) in [6, 6.07) is 12.3. The summed E-state index contributed by atoms with van der Waals surface area (Å²) in [5, 5.41) is 0. The Morgan fingerprint density at radius 2 is 1.90 bits per heavy atom. The molecule has 0 aliphatic carbocycles. The minimum atomic E-state index is 0.0916. The largest absolute Gasteiger partial charge is 0.489 e. The van der Waals surface area contributed by atoms with Gasteiger partial charge in [0.25, 0.3) is 0 Å². The maximum absolute atomic E-state index is 6.01. The fraction of sp³-hybridized carbons (Fsp3) is 0.333. The second kappa shape index (κ2) is 5.98. The molecule has 0 fully saturated rings. The van der Waals surface area contributed by atoms with Crippen LogP contribution < -0.4 is 9.47 Å². The molecule has 2 nitrogen and oxygen atoms in total. The predicted octanol–water partition coefficient (Wildman–Crippen LogP) is 4.42. The zero-order valence-electron chi connectivity index (χ0n) is 12.4. The third-order valence-corrected chi connectivity index (χ3v) is 4.11. The average molecular weight is 303 g/mol. The molecular formula is C18H19ClO2. The van der Waals surface area contributed by atoms with E-state index in [1.807, 2.05) is 18.2 Å². The Hall–Kier alpha value is -1.67. The third kappa shape index (κ3) is 3.01. The number of fused-ring (bicyclic) bond motifs is 1. The van der Waals surface area contributed by atoms with Crippen molar-refractivity contribution in [2.24, 2.45) is 0 Å². The molecule has 0 radical (unpaired) electrons. The quantitative estimate of drug-likeness (QED) is 0.778. The molecule has 3 heteroatoms. The first-order valence-corrected chi connectivity index (χ1v) is 7.74. The Morgan fingerprint density at radius 1 is 1.19 bits per heavy atom. The summed E-state index contributed by atoms with van der Waals surface area (Å²) in [5.41, 5.74) is 4.64. The molecule has 1 heterocycles. The molecule has 0 spiro atoms. The number of hydrogen-bond donors (Lipinski definition) is 0. The number of ether oxygens (including phenoxy) is 2. The van der Waals surface area contributed by atoms with Gasteiger partial charge in [-0.15, -0.1) is 11.6 Å². The normalized spacial score (nSPS) is 16.4. The number of hydrogen-bond acceptors (Lipinski definition) is 2. The highest BCUT2D eigenvalue weighted by atomic mass is 35.5. The first kappa shape index (κ1) is 14.3. The Labute approximate surface area is 130 Å². The highest BCUT2D eigenvalue weighted by molar-refractivity contribution is 6.17. The van der Waals surface area contributed by atoms with E-state index in [1.165, 1.54) is 5.56 Å². The fourth-order valence-corrected chi connectivity index (χ4v) is 3.02. The van der Waals surface area contributed by atoms with Crippen molar-refractivity contribution >= 4 is 11.6 Å². The number of alkyl halides is 1. The lowest BCUT2D eigenvalue weighted by molar-refractivity contribution is 0.147. The molecule has 1 atom stereocenters. The molecule has 3 rings (SSSR count). The van der Waals surface area contributed by atoms with Crippen molar-refractivity contribution in [1.82, 2.24) is 0 Å². The van der Waals surface area contributed by atoms with Gasteiger partial charge >= 0.3 is 0 Å². The molecular weight excluding hydrogens is 284 g/mol. The van der Waals surface area contributed by atoms with Gasteiger partial charge in [0.1, 0.15) is 24.2 Å². The molecule has 1 unspecified atom stereocenters. The van der Waals surface area contributed by atoms with Crippen LogP contribution in [0.2, 0.25) is 0 Å². The van der Waals surface area contributed by atoms with Crippen LogP contribution in [0.4, 0.5) is 0 Å². The first-order valence-electron chi connectivity index (χ1n) is 7.21. The van der Waals surface area contributed by atoms with E-state index in [-0.39, 0.29) is 6.10 Å². The molecule has 0 amide bonds. The average Bonchev–Trinajstić information content (AvgIpc) is 2.88. The van der Waals surface area contributed by atoms with Crippen LogP contribution in [0.5, 0.6) is 11.5 Å². The minimum Gasteiger partial charge on any atom is -0.489 e.